The molecule has 0 bridgehead atoms. The first-order valence-corrected chi connectivity index (χ1v) is 8.46. The SMILES string of the molecule is Cn1cc(S(=O)(=O)NC2CCCCCC2O)cc1C(N)=O. The van der Waals surface area contributed by atoms with E-state index in [1.807, 2.05) is 0 Å². The smallest absolute Gasteiger partial charge is 0.265 e. The second kappa shape index (κ2) is 6.17. The highest BCUT2D eigenvalue weighted by molar-refractivity contribution is 7.89. The molecule has 1 aliphatic rings. The maximum absolute atomic E-state index is 12.4. The Morgan fingerprint density at radius 2 is 2.05 bits per heavy atom. The first-order chi connectivity index (χ1) is 9.81. The van der Waals surface area contributed by atoms with E-state index in [9.17, 15) is 18.3 Å². The van der Waals surface area contributed by atoms with Crippen LogP contribution in [0.5, 0.6) is 0 Å². The number of nitrogens with two attached hydrogens (primary N) is 1. The summed E-state index contributed by atoms with van der Waals surface area (Å²) in [5, 5.41) is 10.0. The number of aromatic nitrogens is 1. The normalized spacial score (nSPS) is 23.7. The number of nitrogens with one attached hydrogen (secondary N) is 1. The van der Waals surface area contributed by atoms with Crippen LogP contribution in [0.4, 0.5) is 0 Å². The molecule has 0 aliphatic heterocycles. The molecule has 1 aliphatic carbocycles. The van der Waals surface area contributed by atoms with Crippen LogP contribution < -0.4 is 10.5 Å². The predicted molar refractivity (Wildman–Crippen MR) is 77.1 cm³/mol. The Morgan fingerprint density at radius 1 is 1.38 bits per heavy atom. The van der Waals surface area contributed by atoms with Crippen molar-refractivity contribution in [2.75, 3.05) is 0 Å². The summed E-state index contributed by atoms with van der Waals surface area (Å²) in [4.78, 5) is 11.2. The Labute approximate surface area is 124 Å². The molecule has 2 unspecified atom stereocenters. The zero-order valence-electron chi connectivity index (χ0n) is 11.9. The summed E-state index contributed by atoms with van der Waals surface area (Å²) in [7, 11) is -2.23. The van der Waals surface area contributed by atoms with Gasteiger partial charge in [-0.2, -0.15) is 0 Å². The first kappa shape index (κ1) is 16.0. The van der Waals surface area contributed by atoms with Crippen molar-refractivity contribution in [3.05, 3.63) is 18.0 Å². The van der Waals surface area contributed by atoms with Gasteiger partial charge in [0.1, 0.15) is 10.6 Å². The lowest BCUT2D eigenvalue weighted by Gasteiger charge is -2.21. The summed E-state index contributed by atoms with van der Waals surface area (Å²) >= 11 is 0. The third-order valence-corrected chi connectivity index (χ3v) is 5.29. The zero-order chi connectivity index (χ0) is 15.6. The van der Waals surface area contributed by atoms with Gasteiger partial charge in [0.15, 0.2) is 0 Å². The van der Waals surface area contributed by atoms with Crippen LogP contribution in [0.3, 0.4) is 0 Å². The number of primary amides is 1. The number of carbonyl (C=O) groups is 1. The van der Waals surface area contributed by atoms with Gasteiger partial charge >= 0.3 is 0 Å². The van der Waals surface area contributed by atoms with Gasteiger partial charge in [-0.05, 0) is 18.9 Å². The molecule has 4 N–H and O–H groups in total. The molecule has 0 aromatic carbocycles. The molecule has 2 atom stereocenters. The van der Waals surface area contributed by atoms with Crippen LogP contribution >= 0.6 is 0 Å². The summed E-state index contributed by atoms with van der Waals surface area (Å²) in [5.41, 5.74) is 5.31. The molecule has 1 heterocycles. The van der Waals surface area contributed by atoms with Crippen molar-refractivity contribution >= 4 is 15.9 Å². The van der Waals surface area contributed by atoms with Gasteiger partial charge < -0.3 is 15.4 Å². The van der Waals surface area contributed by atoms with E-state index in [1.165, 1.54) is 16.8 Å². The van der Waals surface area contributed by atoms with Crippen LogP contribution in [-0.4, -0.2) is 36.1 Å². The number of aryl methyl sites for hydroxylation is 1. The molecule has 1 fully saturated rings. The fraction of sp³-hybridized carbons (Fsp3) is 0.615. The number of nitrogens with zero attached hydrogens (tertiary/aromatic N) is 1. The van der Waals surface area contributed by atoms with E-state index in [4.69, 9.17) is 5.73 Å². The van der Waals surface area contributed by atoms with Crippen LogP contribution in [0.25, 0.3) is 0 Å². The van der Waals surface area contributed by atoms with Gasteiger partial charge in [0, 0.05) is 19.3 Å². The van der Waals surface area contributed by atoms with Gasteiger partial charge in [-0.25, -0.2) is 13.1 Å². The summed E-state index contributed by atoms with van der Waals surface area (Å²) in [6.07, 6.45) is 4.63. The Bertz CT molecular complexity index is 623. The summed E-state index contributed by atoms with van der Waals surface area (Å²) in [5.74, 6) is -0.687. The maximum Gasteiger partial charge on any atom is 0.265 e. The average molecular weight is 315 g/mol. The molecule has 0 radical (unpaired) electrons. The van der Waals surface area contributed by atoms with E-state index in [0.717, 1.165) is 19.3 Å². The lowest BCUT2D eigenvalue weighted by molar-refractivity contribution is 0.0992. The molecule has 21 heavy (non-hydrogen) atoms. The number of carbonyl (C=O) groups excluding carboxylic acids is 1. The number of sulfonamides is 1. The highest BCUT2D eigenvalue weighted by Gasteiger charge is 2.28. The van der Waals surface area contributed by atoms with Crippen molar-refractivity contribution < 1.29 is 18.3 Å². The molecule has 0 saturated heterocycles. The molecular formula is C13H21N3O4S. The van der Waals surface area contributed by atoms with Gasteiger partial charge in [0.2, 0.25) is 10.0 Å². The Hall–Kier alpha value is -1.38. The molecule has 8 heteroatoms. The summed E-state index contributed by atoms with van der Waals surface area (Å²) in [6, 6.07) is 0.753. The van der Waals surface area contributed by atoms with Gasteiger partial charge in [0.25, 0.3) is 5.91 Å². The van der Waals surface area contributed by atoms with Crippen molar-refractivity contribution in [2.45, 2.75) is 49.1 Å². The molecule has 1 aromatic rings. The van der Waals surface area contributed by atoms with Crippen molar-refractivity contribution in [1.82, 2.24) is 9.29 Å². The van der Waals surface area contributed by atoms with Crippen LogP contribution in [0, 0.1) is 0 Å². The minimum Gasteiger partial charge on any atom is -0.391 e. The van der Waals surface area contributed by atoms with Crippen molar-refractivity contribution in [3.63, 3.8) is 0 Å². The Balaban J connectivity index is 2.21. The molecule has 1 aromatic heterocycles. The number of aliphatic hydroxyl groups excluding tert-OH is 1. The molecule has 7 nitrogen and oxygen atoms in total. The third-order valence-electron chi connectivity index (χ3n) is 3.83. The van der Waals surface area contributed by atoms with Crippen molar-refractivity contribution in [3.8, 4) is 0 Å². The standard InChI is InChI=1S/C13H21N3O4S/c1-16-8-9(7-11(16)13(14)18)21(19,20)15-10-5-3-2-4-6-12(10)17/h7-8,10,12,15,17H,2-6H2,1H3,(H2,14,18). The quantitative estimate of drug-likeness (QED) is 0.683. The molecule has 1 amide bonds. The fourth-order valence-electron chi connectivity index (χ4n) is 2.62. The lowest BCUT2D eigenvalue weighted by atomic mass is 10.1. The van der Waals surface area contributed by atoms with E-state index in [1.54, 1.807) is 7.05 Å². The summed E-state index contributed by atoms with van der Waals surface area (Å²) in [6.45, 7) is 0. The van der Waals surface area contributed by atoms with Crippen molar-refractivity contribution in [2.24, 2.45) is 12.8 Å². The summed E-state index contributed by atoms with van der Waals surface area (Å²) < 4.78 is 28.6. The first-order valence-electron chi connectivity index (χ1n) is 6.98. The van der Waals surface area contributed by atoms with E-state index < -0.39 is 28.1 Å². The van der Waals surface area contributed by atoms with E-state index in [2.05, 4.69) is 4.72 Å². The van der Waals surface area contributed by atoms with Crippen LogP contribution in [-0.2, 0) is 17.1 Å². The molecule has 1 saturated carbocycles. The second-order valence-corrected chi connectivity index (χ2v) is 7.18. The maximum atomic E-state index is 12.4. The van der Waals surface area contributed by atoms with Gasteiger partial charge in [-0.1, -0.05) is 19.3 Å². The molecular weight excluding hydrogens is 294 g/mol. The minimum atomic E-state index is -3.78. The number of hydrogen-bond donors (Lipinski definition) is 3. The lowest BCUT2D eigenvalue weighted by Crippen LogP contribution is -2.42. The largest absolute Gasteiger partial charge is 0.391 e. The van der Waals surface area contributed by atoms with E-state index >= 15 is 0 Å². The average Bonchev–Trinajstić information content (AvgIpc) is 2.69. The van der Waals surface area contributed by atoms with E-state index in [-0.39, 0.29) is 10.6 Å². The Kier molecular flexibility index (Phi) is 4.70. The molecule has 2 rings (SSSR count). The third kappa shape index (κ3) is 3.63. The number of amides is 1. The zero-order valence-corrected chi connectivity index (χ0v) is 12.8. The monoisotopic (exact) mass is 315 g/mol. The number of hydrogen-bond acceptors (Lipinski definition) is 4. The van der Waals surface area contributed by atoms with Crippen molar-refractivity contribution in [1.29, 1.82) is 0 Å². The van der Waals surface area contributed by atoms with Crippen LogP contribution in [0.1, 0.15) is 42.6 Å². The van der Waals surface area contributed by atoms with Gasteiger partial charge in [-0.3, -0.25) is 4.79 Å². The van der Waals surface area contributed by atoms with Gasteiger partial charge in [-0.15, -0.1) is 0 Å². The number of rotatable bonds is 4. The topological polar surface area (TPSA) is 114 Å². The highest BCUT2D eigenvalue weighted by Crippen LogP contribution is 2.21. The predicted octanol–water partition coefficient (Wildman–Crippen LogP) is 0.0959. The Morgan fingerprint density at radius 3 is 2.67 bits per heavy atom. The molecule has 118 valence electrons. The van der Waals surface area contributed by atoms with Crippen LogP contribution in [0.15, 0.2) is 17.2 Å². The fourth-order valence-corrected chi connectivity index (χ4v) is 3.99. The van der Waals surface area contributed by atoms with Gasteiger partial charge in [0.05, 0.1) is 6.10 Å². The highest BCUT2D eigenvalue weighted by atomic mass is 32.2. The van der Waals surface area contributed by atoms with E-state index in [0.29, 0.717) is 12.8 Å². The second-order valence-electron chi connectivity index (χ2n) is 5.47. The molecule has 0 spiro atoms. The minimum absolute atomic E-state index is 0.0183. The van der Waals surface area contributed by atoms with Crippen LogP contribution in [0.2, 0.25) is 0 Å². The number of aliphatic hydroxyl groups is 1.